The molecule has 5 aromatic rings. The Kier molecular flexibility index (Phi) is 4.27. The Balaban J connectivity index is 1.73. The van der Waals surface area contributed by atoms with Gasteiger partial charge in [0.1, 0.15) is 11.3 Å². The SMILES string of the molecule is CN(C)S(=O)(=O)c1cccc(Nc2nc3c4cc[nH]c(=O)c4[nH]c3c3ccncc23)c1. The quantitative estimate of drug-likeness (QED) is 0.400. The summed E-state index contributed by atoms with van der Waals surface area (Å²) in [5, 5.41) is 5.50. The highest BCUT2D eigenvalue weighted by atomic mass is 32.2. The molecule has 1 aromatic carbocycles. The number of anilines is 2. The molecule has 0 aliphatic rings. The van der Waals surface area contributed by atoms with Gasteiger partial charge in [-0.2, -0.15) is 0 Å². The van der Waals surface area contributed by atoms with Gasteiger partial charge in [0, 0.05) is 54.5 Å². The number of benzene rings is 1. The predicted octanol–water partition coefficient (Wildman–Crippen LogP) is 2.95. The zero-order chi connectivity index (χ0) is 21.8. The van der Waals surface area contributed by atoms with Gasteiger partial charge in [-0.15, -0.1) is 0 Å². The maximum atomic E-state index is 12.5. The number of aromatic nitrogens is 4. The second kappa shape index (κ2) is 6.89. The van der Waals surface area contributed by atoms with Crippen LogP contribution in [0.1, 0.15) is 0 Å². The van der Waals surface area contributed by atoms with Crippen LogP contribution in [0.4, 0.5) is 11.5 Å². The molecule has 10 heteroatoms. The molecular weight excluding hydrogens is 416 g/mol. The van der Waals surface area contributed by atoms with Gasteiger partial charge in [0.05, 0.1) is 15.9 Å². The van der Waals surface area contributed by atoms with Crippen LogP contribution in [0.2, 0.25) is 0 Å². The molecule has 0 atom stereocenters. The van der Waals surface area contributed by atoms with Crippen LogP contribution in [0.3, 0.4) is 0 Å². The summed E-state index contributed by atoms with van der Waals surface area (Å²) in [4.78, 5) is 27.2. The lowest BCUT2D eigenvalue weighted by molar-refractivity contribution is 0.521. The van der Waals surface area contributed by atoms with Crippen LogP contribution in [0.25, 0.3) is 32.7 Å². The molecule has 5 rings (SSSR count). The molecule has 0 saturated carbocycles. The molecule has 4 heterocycles. The van der Waals surface area contributed by atoms with Crippen molar-refractivity contribution in [2.24, 2.45) is 0 Å². The lowest BCUT2D eigenvalue weighted by Gasteiger charge is -2.14. The molecule has 0 spiro atoms. The molecule has 156 valence electrons. The first-order valence-corrected chi connectivity index (χ1v) is 10.9. The van der Waals surface area contributed by atoms with Crippen molar-refractivity contribution in [1.82, 2.24) is 24.2 Å². The third kappa shape index (κ3) is 3.04. The molecule has 0 saturated heterocycles. The van der Waals surface area contributed by atoms with Crippen molar-refractivity contribution in [1.29, 1.82) is 0 Å². The lowest BCUT2D eigenvalue weighted by atomic mass is 10.1. The van der Waals surface area contributed by atoms with Crippen LogP contribution in [-0.2, 0) is 10.0 Å². The predicted molar refractivity (Wildman–Crippen MR) is 120 cm³/mol. The fourth-order valence-electron chi connectivity index (χ4n) is 3.58. The topological polar surface area (TPSA) is 124 Å². The van der Waals surface area contributed by atoms with E-state index in [9.17, 15) is 13.2 Å². The fourth-order valence-corrected chi connectivity index (χ4v) is 4.53. The number of fused-ring (bicyclic) bond motifs is 5. The largest absolute Gasteiger partial charge is 0.348 e. The van der Waals surface area contributed by atoms with Crippen molar-refractivity contribution in [3.8, 4) is 0 Å². The maximum absolute atomic E-state index is 12.5. The highest BCUT2D eigenvalue weighted by Crippen LogP contribution is 2.33. The van der Waals surface area contributed by atoms with Crippen LogP contribution >= 0.6 is 0 Å². The monoisotopic (exact) mass is 434 g/mol. The molecule has 31 heavy (non-hydrogen) atoms. The van der Waals surface area contributed by atoms with Crippen LogP contribution < -0.4 is 10.9 Å². The summed E-state index contributed by atoms with van der Waals surface area (Å²) < 4.78 is 26.2. The van der Waals surface area contributed by atoms with E-state index in [1.807, 2.05) is 6.07 Å². The van der Waals surface area contributed by atoms with E-state index in [1.54, 1.807) is 48.9 Å². The van der Waals surface area contributed by atoms with Gasteiger partial charge >= 0.3 is 0 Å². The number of H-pyrrole nitrogens is 2. The third-order valence-corrected chi connectivity index (χ3v) is 6.96. The van der Waals surface area contributed by atoms with E-state index >= 15 is 0 Å². The van der Waals surface area contributed by atoms with Crippen molar-refractivity contribution < 1.29 is 8.42 Å². The van der Waals surface area contributed by atoms with Gasteiger partial charge in [-0.25, -0.2) is 17.7 Å². The minimum absolute atomic E-state index is 0.171. The number of pyridine rings is 3. The Morgan fingerprint density at radius 3 is 2.68 bits per heavy atom. The lowest BCUT2D eigenvalue weighted by Crippen LogP contribution is -2.22. The van der Waals surface area contributed by atoms with Gasteiger partial charge in [-0.1, -0.05) is 6.07 Å². The Morgan fingerprint density at radius 2 is 1.87 bits per heavy atom. The summed E-state index contributed by atoms with van der Waals surface area (Å²) in [5.41, 5.74) is 2.16. The molecule has 3 N–H and O–H groups in total. The van der Waals surface area contributed by atoms with Gasteiger partial charge in [0.15, 0.2) is 0 Å². The molecule has 0 radical (unpaired) electrons. The molecule has 0 fully saturated rings. The van der Waals surface area contributed by atoms with Gasteiger partial charge in [0.25, 0.3) is 5.56 Å². The first kappa shape index (κ1) is 19.2. The summed E-state index contributed by atoms with van der Waals surface area (Å²) in [6.07, 6.45) is 4.94. The molecule has 0 aliphatic carbocycles. The standard InChI is InChI=1S/C21H18N6O3S/c1-27(2)31(29,30)13-5-3-4-12(10-13)24-20-16-11-22-8-6-14(16)17-18(26-20)15-7-9-23-21(28)19(15)25-17/h3-11,25H,1-2H3,(H,23,28)(H,24,26). The van der Waals surface area contributed by atoms with E-state index in [-0.39, 0.29) is 10.5 Å². The first-order valence-electron chi connectivity index (χ1n) is 9.42. The number of aromatic amines is 2. The second-order valence-electron chi connectivity index (χ2n) is 7.27. The van der Waals surface area contributed by atoms with Crippen molar-refractivity contribution >= 4 is 54.2 Å². The minimum Gasteiger partial charge on any atom is -0.348 e. The highest BCUT2D eigenvalue weighted by Gasteiger charge is 2.18. The molecule has 0 aliphatic heterocycles. The second-order valence-corrected chi connectivity index (χ2v) is 9.42. The molecule has 0 unspecified atom stereocenters. The fraction of sp³-hybridized carbons (Fsp3) is 0.0952. The van der Waals surface area contributed by atoms with Crippen LogP contribution in [0.15, 0.2) is 64.7 Å². The van der Waals surface area contributed by atoms with Gasteiger partial charge in [-0.05, 0) is 30.3 Å². The summed E-state index contributed by atoms with van der Waals surface area (Å²) in [6.45, 7) is 0. The van der Waals surface area contributed by atoms with Gasteiger partial charge in [-0.3, -0.25) is 9.78 Å². The van der Waals surface area contributed by atoms with Crippen molar-refractivity contribution in [3.05, 3.63) is 65.3 Å². The number of hydrogen-bond acceptors (Lipinski definition) is 6. The minimum atomic E-state index is -3.58. The Hall–Kier alpha value is -3.76. The maximum Gasteiger partial charge on any atom is 0.272 e. The van der Waals surface area contributed by atoms with Crippen LogP contribution in [0.5, 0.6) is 0 Å². The van der Waals surface area contributed by atoms with E-state index in [0.717, 1.165) is 16.3 Å². The van der Waals surface area contributed by atoms with E-state index in [4.69, 9.17) is 4.98 Å². The molecular formula is C21H18N6O3S. The van der Waals surface area contributed by atoms with Crippen LogP contribution in [0, 0.1) is 0 Å². The summed E-state index contributed by atoms with van der Waals surface area (Å²) in [7, 11) is -0.598. The summed E-state index contributed by atoms with van der Waals surface area (Å²) in [6, 6.07) is 10.2. The summed E-state index contributed by atoms with van der Waals surface area (Å²) >= 11 is 0. The molecule has 0 amide bonds. The number of nitrogens with zero attached hydrogens (tertiary/aromatic N) is 3. The normalized spacial score (nSPS) is 12.2. The van der Waals surface area contributed by atoms with E-state index in [1.165, 1.54) is 18.4 Å². The molecule has 4 aromatic heterocycles. The third-order valence-electron chi connectivity index (χ3n) is 5.15. The number of hydrogen-bond donors (Lipinski definition) is 3. The summed E-state index contributed by atoms with van der Waals surface area (Å²) in [5.74, 6) is 0.510. The zero-order valence-electron chi connectivity index (χ0n) is 16.7. The van der Waals surface area contributed by atoms with Crippen molar-refractivity contribution in [3.63, 3.8) is 0 Å². The Bertz CT molecular complexity index is 1640. The van der Waals surface area contributed by atoms with E-state index in [0.29, 0.717) is 27.9 Å². The average Bonchev–Trinajstić information content (AvgIpc) is 3.14. The average molecular weight is 434 g/mol. The number of rotatable bonds is 4. The molecule has 0 bridgehead atoms. The zero-order valence-corrected chi connectivity index (χ0v) is 17.5. The number of nitrogens with one attached hydrogen (secondary N) is 3. The van der Waals surface area contributed by atoms with Gasteiger partial charge in [0.2, 0.25) is 10.0 Å². The van der Waals surface area contributed by atoms with Gasteiger partial charge < -0.3 is 15.3 Å². The van der Waals surface area contributed by atoms with Crippen molar-refractivity contribution in [2.75, 3.05) is 19.4 Å². The Labute approximate surface area is 176 Å². The molecule has 9 nitrogen and oxygen atoms in total. The van der Waals surface area contributed by atoms with E-state index < -0.39 is 10.0 Å². The highest BCUT2D eigenvalue weighted by molar-refractivity contribution is 7.89. The van der Waals surface area contributed by atoms with E-state index in [2.05, 4.69) is 20.3 Å². The Morgan fingerprint density at radius 1 is 1.03 bits per heavy atom. The smallest absolute Gasteiger partial charge is 0.272 e. The number of sulfonamides is 1. The van der Waals surface area contributed by atoms with Crippen molar-refractivity contribution in [2.45, 2.75) is 4.90 Å². The van der Waals surface area contributed by atoms with Crippen LogP contribution in [-0.4, -0.2) is 46.8 Å². The first-order chi connectivity index (χ1) is 14.9.